The van der Waals surface area contributed by atoms with Crippen LogP contribution in [0.25, 0.3) is 0 Å². The van der Waals surface area contributed by atoms with E-state index in [4.69, 9.17) is 4.52 Å². The highest BCUT2D eigenvalue weighted by molar-refractivity contribution is 7.89. The van der Waals surface area contributed by atoms with E-state index in [1.165, 1.54) is 0 Å². The summed E-state index contributed by atoms with van der Waals surface area (Å²) < 4.78 is 32.3. The first-order valence-corrected chi connectivity index (χ1v) is 10.8. The topological polar surface area (TPSA) is 83.7 Å². The summed E-state index contributed by atoms with van der Waals surface area (Å²) in [5.74, 6) is 0.0248. The van der Waals surface area contributed by atoms with Gasteiger partial charge in [-0.1, -0.05) is 18.1 Å². The first-order valence-electron chi connectivity index (χ1n) is 9.36. The van der Waals surface area contributed by atoms with E-state index in [0.717, 1.165) is 29.7 Å². The number of hydrogen-bond acceptors (Lipinski definition) is 5. The minimum Gasteiger partial charge on any atom is -0.351 e. The molecule has 7 nitrogen and oxygen atoms in total. The second kappa shape index (κ2) is 7.09. The summed E-state index contributed by atoms with van der Waals surface area (Å²) in [6.45, 7) is 4.06. The number of benzene rings is 1. The number of carbonyl (C=O) groups is 1. The van der Waals surface area contributed by atoms with E-state index in [2.05, 4.69) is 5.16 Å². The van der Waals surface area contributed by atoms with Crippen LogP contribution in [0.1, 0.15) is 47.1 Å². The molecule has 1 aromatic heterocycles. The van der Waals surface area contributed by atoms with Gasteiger partial charge >= 0.3 is 0 Å². The lowest BCUT2D eigenvalue weighted by atomic mass is 10.00. The van der Waals surface area contributed by atoms with Crippen LogP contribution in [0.15, 0.2) is 33.7 Å². The van der Waals surface area contributed by atoms with Crippen LogP contribution in [0.2, 0.25) is 0 Å². The fourth-order valence-corrected chi connectivity index (χ4v) is 5.25. The van der Waals surface area contributed by atoms with Crippen molar-refractivity contribution in [1.82, 2.24) is 14.4 Å². The van der Waals surface area contributed by atoms with Crippen molar-refractivity contribution >= 4 is 15.9 Å². The second-order valence-electron chi connectivity index (χ2n) is 7.05. The van der Waals surface area contributed by atoms with Crippen molar-refractivity contribution in [2.24, 2.45) is 0 Å². The third-order valence-electron chi connectivity index (χ3n) is 5.31. The van der Waals surface area contributed by atoms with Gasteiger partial charge in [0.1, 0.15) is 0 Å². The lowest BCUT2D eigenvalue weighted by Crippen LogP contribution is -2.36. The number of nitrogens with zero attached hydrogens (tertiary/aromatic N) is 3. The van der Waals surface area contributed by atoms with Crippen molar-refractivity contribution in [2.75, 3.05) is 19.6 Å². The molecule has 0 spiro atoms. The van der Waals surface area contributed by atoms with Crippen LogP contribution in [0.3, 0.4) is 0 Å². The molecule has 27 heavy (non-hydrogen) atoms. The molecule has 0 radical (unpaired) electrons. The zero-order valence-electron chi connectivity index (χ0n) is 15.3. The number of amides is 1. The quantitative estimate of drug-likeness (QED) is 0.801. The maximum atomic E-state index is 12.8. The minimum absolute atomic E-state index is 0.208. The molecule has 1 fully saturated rings. The van der Waals surface area contributed by atoms with Gasteiger partial charge in [0, 0.05) is 32.2 Å². The Morgan fingerprint density at radius 3 is 2.63 bits per heavy atom. The normalized spacial score (nSPS) is 17.9. The summed E-state index contributed by atoms with van der Waals surface area (Å²) in [7, 11) is -3.46. The van der Waals surface area contributed by atoms with E-state index >= 15 is 0 Å². The molecule has 144 valence electrons. The molecule has 2 aliphatic heterocycles. The van der Waals surface area contributed by atoms with Gasteiger partial charge in [0.05, 0.1) is 10.6 Å². The largest absolute Gasteiger partial charge is 0.351 e. The lowest BCUT2D eigenvalue weighted by molar-refractivity contribution is 0.0692. The Balaban J connectivity index is 1.57. The van der Waals surface area contributed by atoms with Crippen molar-refractivity contribution in [3.8, 4) is 0 Å². The minimum atomic E-state index is -3.46. The molecular formula is C19H23N3O4S. The summed E-state index contributed by atoms with van der Waals surface area (Å²) in [4.78, 5) is 14.7. The molecule has 8 heteroatoms. The van der Waals surface area contributed by atoms with Gasteiger partial charge in [0.15, 0.2) is 0 Å². The van der Waals surface area contributed by atoms with E-state index in [0.29, 0.717) is 43.9 Å². The highest BCUT2D eigenvalue weighted by Gasteiger charge is 2.30. The SMILES string of the molecule is CCc1cc(C(=O)N2CCc3ccc(S(=O)(=O)N4CCCC4)cc3C2)on1. The van der Waals surface area contributed by atoms with E-state index in [1.54, 1.807) is 27.4 Å². The number of hydrogen-bond donors (Lipinski definition) is 0. The molecule has 0 bridgehead atoms. The van der Waals surface area contributed by atoms with Crippen molar-refractivity contribution in [1.29, 1.82) is 0 Å². The van der Waals surface area contributed by atoms with Crippen LogP contribution in [-0.4, -0.2) is 48.3 Å². The number of carbonyl (C=O) groups excluding carboxylic acids is 1. The molecule has 0 aliphatic carbocycles. The summed E-state index contributed by atoms with van der Waals surface area (Å²) in [5, 5.41) is 3.88. The zero-order valence-corrected chi connectivity index (χ0v) is 16.2. The number of aryl methyl sites for hydroxylation is 1. The van der Waals surface area contributed by atoms with Gasteiger partial charge in [-0.05, 0) is 48.9 Å². The standard InChI is InChI=1S/C19H23N3O4S/c1-2-16-12-18(26-20-16)19(23)21-10-7-14-5-6-17(11-15(14)13-21)27(24,25)22-8-3-4-9-22/h5-6,11-12H,2-4,7-10,13H2,1H3. The van der Waals surface area contributed by atoms with E-state index in [-0.39, 0.29) is 11.7 Å². The predicted octanol–water partition coefficient (Wildman–Crippen LogP) is 2.22. The van der Waals surface area contributed by atoms with E-state index in [9.17, 15) is 13.2 Å². The average Bonchev–Trinajstić information content (AvgIpc) is 3.38. The fraction of sp³-hybridized carbons (Fsp3) is 0.474. The Hall–Kier alpha value is -2.19. The molecule has 3 heterocycles. The zero-order chi connectivity index (χ0) is 19.0. The molecule has 1 aromatic carbocycles. The molecule has 1 amide bonds. The van der Waals surface area contributed by atoms with Gasteiger partial charge in [0.25, 0.3) is 5.91 Å². The molecule has 0 atom stereocenters. The summed E-state index contributed by atoms with van der Waals surface area (Å²) >= 11 is 0. The monoisotopic (exact) mass is 389 g/mol. The summed E-state index contributed by atoms with van der Waals surface area (Å²) in [6, 6.07) is 6.96. The third-order valence-corrected chi connectivity index (χ3v) is 7.21. The van der Waals surface area contributed by atoms with Gasteiger partial charge in [-0.25, -0.2) is 8.42 Å². The Morgan fingerprint density at radius 1 is 1.15 bits per heavy atom. The molecule has 0 saturated carbocycles. The Labute approximate surface area is 159 Å². The molecular weight excluding hydrogens is 366 g/mol. The maximum Gasteiger partial charge on any atom is 0.292 e. The first-order chi connectivity index (χ1) is 13.0. The highest BCUT2D eigenvalue weighted by atomic mass is 32.2. The number of sulfonamides is 1. The number of fused-ring (bicyclic) bond motifs is 1. The van der Waals surface area contributed by atoms with Crippen molar-refractivity contribution in [3.63, 3.8) is 0 Å². The van der Waals surface area contributed by atoms with Crippen LogP contribution < -0.4 is 0 Å². The van der Waals surface area contributed by atoms with Crippen LogP contribution in [0.5, 0.6) is 0 Å². The van der Waals surface area contributed by atoms with Crippen molar-refractivity contribution in [2.45, 2.75) is 44.0 Å². The first kappa shape index (κ1) is 18.2. The van der Waals surface area contributed by atoms with E-state index < -0.39 is 10.0 Å². The van der Waals surface area contributed by atoms with Crippen molar-refractivity contribution < 1.29 is 17.7 Å². The molecule has 2 aliphatic rings. The van der Waals surface area contributed by atoms with Gasteiger partial charge in [-0.2, -0.15) is 4.31 Å². The fourth-order valence-electron chi connectivity index (χ4n) is 3.68. The van der Waals surface area contributed by atoms with Crippen molar-refractivity contribution in [3.05, 3.63) is 46.8 Å². The van der Waals surface area contributed by atoms with Gasteiger partial charge in [-0.15, -0.1) is 0 Å². The van der Waals surface area contributed by atoms with Crippen LogP contribution in [0, 0.1) is 0 Å². The summed E-state index contributed by atoms with van der Waals surface area (Å²) in [5.41, 5.74) is 2.71. The Bertz CT molecular complexity index is 961. The highest BCUT2D eigenvalue weighted by Crippen LogP contribution is 2.27. The second-order valence-corrected chi connectivity index (χ2v) is 8.99. The number of aromatic nitrogens is 1. The molecule has 0 N–H and O–H groups in total. The van der Waals surface area contributed by atoms with Gasteiger partial charge in [-0.3, -0.25) is 4.79 Å². The molecule has 0 unspecified atom stereocenters. The predicted molar refractivity (Wildman–Crippen MR) is 98.8 cm³/mol. The maximum absolute atomic E-state index is 12.8. The molecule has 2 aromatic rings. The Morgan fingerprint density at radius 2 is 1.93 bits per heavy atom. The Kier molecular flexibility index (Phi) is 4.77. The van der Waals surface area contributed by atoms with Gasteiger partial charge < -0.3 is 9.42 Å². The molecule has 4 rings (SSSR count). The average molecular weight is 389 g/mol. The van der Waals surface area contributed by atoms with Crippen LogP contribution >= 0.6 is 0 Å². The smallest absolute Gasteiger partial charge is 0.292 e. The van der Waals surface area contributed by atoms with Crippen LogP contribution in [0.4, 0.5) is 0 Å². The lowest BCUT2D eigenvalue weighted by Gasteiger charge is -2.28. The number of rotatable bonds is 4. The molecule has 1 saturated heterocycles. The van der Waals surface area contributed by atoms with E-state index in [1.807, 2.05) is 13.0 Å². The van der Waals surface area contributed by atoms with Gasteiger partial charge in [0.2, 0.25) is 15.8 Å². The summed E-state index contributed by atoms with van der Waals surface area (Å²) in [6.07, 6.45) is 3.21. The third kappa shape index (κ3) is 3.39. The van der Waals surface area contributed by atoms with Crippen LogP contribution in [-0.2, 0) is 29.4 Å².